The van der Waals surface area contributed by atoms with Crippen LogP contribution in [0.1, 0.15) is 37.1 Å². The van der Waals surface area contributed by atoms with Crippen molar-refractivity contribution < 1.29 is 14.3 Å². The van der Waals surface area contributed by atoms with Gasteiger partial charge in [-0.2, -0.15) is 5.10 Å². The lowest BCUT2D eigenvalue weighted by atomic mass is 10.1. The summed E-state index contributed by atoms with van der Waals surface area (Å²) in [7, 11) is 0. The monoisotopic (exact) mass is 463 g/mol. The summed E-state index contributed by atoms with van der Waals surface area (Å²) in [5.74, 6) is 1.37. The number of amides is 1. The molecule has 1 aliphatic heterocycles. The number of thiophene rings is 1. The Bertz CT molecular complexity index is 1410. The highest BCUT2D eigenvalue weighted by atomic mass is 32.1. The van der Waals surface area contributed by atoms with Crippen LogP contribution in [-0.4, -0.2) is 28.9 Å². The van der Waals surface area contributed by atoms with E-state index >= 15 is 0 Å². The Hall–Kier alpha value is -3.39. The first kappa shape index (κ1) is 21.5. The predicted molar refractivity (Wildman–Crippen MR) is 129 cm³/mol. The Balaban J connectivity index is 1.24. The minimum atomic E-state index is -0.162. The molecule has 0 radical (unpaired) electrons. The average Bonchev–Trinajstić information content (AvgIpc) is 3.22. The fourth-order valence-electron chi connectivity index (χ4n) is 4.18. The van der Waals surface area contributed by atoms with Crippen molar-refractivity contribution in [3.63, 3.8) is 0 Å². The molecule has 0 aliphatic carbocycles. The van der Waals surface area contributed by atoms with E-state index in [4.69, 9.17) is 9.47 Å². The van der Waals surface area contributed by atoms with Crippen LogP contribution < -0.4 is 20.3 Å². The van der Waals surface area contributed by atoms with Crippen molar-refractivity contribution in [1.29, 1.82) is 0 Å². The molecule has 0 bridgehead atoms. The van der Waals surface area contributed by atoms with E-state index in [-0.39, 0.29) is 17.5 Å². The molecule has 1 atom stereocenters. The number of hydrogen-bond donors (Lipinski definition) is 1. The average molecular weight is 464 g/mol. The molecular weight excluding hydrogens is 438 g/mol. The summed E-state index contributed by atoms with van der Waals surface area (Å²) >= 11 is 1.60. The maximum atomic E-state index is 13.1. The van der Waals surface area contributed by atoms with Gasteiger partial charge in [-0.15, -0.1) is 11.3 Å². The predicted octanol–water partition coefficient (Wildman–Crippen LogP) is 4.35. The van der Waals surface area contributed by atoms with Crippen LogP contribution in [0, 0.1) is 6.92 Å². The Morgan fingerprint density at radius 2 is 1.97 bits per heavy atom. The highest BCUT2D eigenvalue weighted by Gasteiger charge is 2.17. The molecule has 2 aromatic carbocycles. The molecule has 0 fully saturated rings. The second kappa shape index (κ2) is 8.86. The van der Waals surface area contributed by atoms with Gasteiger partial charge in [-0.1, -0.05) is 24.3 Å². The molecule has 1 unspecified atom stereocenters. The third-order valence-corrected chi connectivity index (χ3v) is 7.14. The summed E-state index contributed by atoms with van der Waals surface area (Å²) in [6, 6.07) is 13.5. The summed E-state index contributed by atoms with van der Waals surface area (Å²) in [5, 5.41) is 9.21. The summed E-state index contributed by atoms with van der Waals surface area (Å²) in [6.45, 7) is 5.33. The maximum absolute atomic E-state index is 13.1. The molecule has 1 aliphatic rings. The van der Waals surface area contributed by atoms with E-state index < -0.39 is 0 Å². The third kappa shape index (κ3) is 4.18. The summed E-state index contributed by atoms with van der Waals surface area (Å²) in [4.78, 5) is 25.6. The molecule has 8 heteroatoms. The minimum Gasteiger partial charge on any atom is -0.486 e. The lowest BCUT2D eigenvalue weighted by molar-refractivity contribution is -0.121. The van der Waals surface area contributed by atoms with Crippen molar-refractivity contribution in [2.75, 3.05) is 13.2 Å². The van der Waals surface area contributed by atoms with Gasteiger partial charge in [-0.3, -0.25) is 9.59 Å². The first-order valence-corrected chi connectivity index (χ1v) is 11.9. The highest BCUT2D eigenvalue weighted by Crippen LogP contribution is 2.33. The number of nitrogens with one attached hydrogen (secondary N) is 1. The molecule has 33 heavy (non-hydrogen) atoms. The highest BCUT2D eigenvalue weighted by molar-refractivity contribution is 7.26. The van der Waals surface area contributed by atoms with Crippen molar-refractivity contribution in [1.82, 2.24) is 15.1 Å². The molecule has 0 saturated heterocycles. The van der Waals surface area contributed by atoms with Crippen molar-refractivity contribution in [2.24, 2.45) is 0 Å². The molecular formula is C25H25N3O4S. The van der Waals surface area contributed by atoms with E-state index in [1.54, 1.807) is 11.3 Å². The van der Waals surface area contributed by atoms with Crippen LogP contribution in [0.2, 0.25) is 0 Å². The van der Waals surface area contributed by atoms with Gasteiger partial charge in [0.2, 0.25) is 5.91 Å². The molecule has 7 nitrogen and oxygen atoms in total. The molecule has 5 rings (SSSR count). The van der Waals surface area contributed by atoms with Gasteiger partial charge in [0.05, 0.1) is 21.8 Å². The van der Waals surface area contributed by atoms with E-state index in [1.165, 1.54) is 4.68 Å². The SMILES string of the molecule is Cc1nn(CCCC(=O)NC(C)c2ccc3c(c2)OCCO3)c(=O)c2c1sc1ccccc12. The number of ether oxygens (including phenoxy) is 2. The quantitative estimate of drug-likeness (QED) is 0.460. The van der Waals surface area contributed by atoms with Gasteiger partial charge in [0.15, 0.2) is 11.5 Å². The second-order valence-electron chi connectivity index (χ2n) is 8.21. The van der Waals surface area contributed by atoms with Crippen LogP contribution in [0.15, 0.2) is 47.3 Å². The molecule has 0 saturated carbocycles. The normalized spacial score (nSPS) is 13.9. The fourth-order valence-corrected chi connectivity index (χ4v) is 5.32. The van der Waals surface area contributed by atoms with Crippen molar-refractivity contribution >= 4 is 37.4 Å². The first-order chi connectivity index (χ1) is 16.0. The molecule has 3 heterocycles. The zero-order chi connectivity index (χ0) is 22.9. The number of fused-ring (bicyclic) bond motifs is 4. The molecule has 1 amide bonds. The van der Waals surface area contributed by atoms with Gasteiger partial charge in [0, 0.05) is 23.1 Å². The third-order valence-electron chi connectivity index (χ3n) is 5.86. The molecule has 170 valence electrons. The van der Waals surface area contributed by atoms with Crippen LogP contribution in [-0.2, 0) is 11.3 Å². The van der Waals surface area contributed by atoms with E-state index in [0.717, 1.165) is 37.2 Å². The summed E-state index contributed by atoms with van der Waals surface area (Å²) in [5.41, 5.74) is 1.69. The van der Waals surface area contributed by atoms with E-state index in [9.17, 15) is 9.59 Å². The van der Waals surface area contributed by atoms with Gasteiger partial charge in [-0.05, 0) is 44.0 Å². The number of aromatic nitrogens is 2. The molecule has 0 spiro atoms. The Morgan fingerprint density at radius 3 is 2.82 bits per heavy atom. The van der Waals surface area contributed by atoms with E-state index in [1.807, 2.05) is 56.3 Å². The lowest BCUT2D eigenvalue weighted by Crippen LogP contribution is -2.28. The molecule has 4 aromatic rings. The van der Waals surface area contributed by atoms with Crippen LogP contribution in [0.3, 0.4) is 0 Å². The van der Waals surface area contributed by atoms with Gasteiger partial charge in [0.25, 0.3) is 5.56 Å². The number of rotatable bonds is 6. The number of hydrogen-bond acceptors (Lipinski definition) is 6. The van der Waals surface area contributed by atoms with Gasteiger partial charge < -0.3 is 14.8 Å². The maximum Gasteiger partial charge on any atom is 0.276 e. The fraction of sp³-hybridized carbons (Fsp3) is 0.320. The topological polar surface area (TPSA) is 82.5 Å². The van der Waals surface area contributed by atoms with Crippen LogP contribution in [0.5, 0.6) is 11.5 Å². The number of carbonyl (C=O) groups excluding carboxylic acids is 1. The van der Waals surface area contributed by atoms with Crippen molar-refractivity contribution in [3.8, 4) is 11.5 Å². The zero-order valence-electron chi connectivity index (χ0n) is 18.6. The first-order valence-electron chi connectivity index (χ1n) is 11.1. The largest absolute Gasteiger partial charge is 0.486 e. The Morgan fingerprint density at radius 1 is 1.18 bits per heavy atom. The number of nitrogens with zero attached hydrogens (tertiary/aromatic N) is 2. The van der Waals surface area contributed by atoms with Crippen molar-refractivity contribution in [3.05, 3.63) is 64.1 Å². The van der Waals surface area contributed by atoms with Gasteiger partial charge >= 0.3 is 0 Å². The summed E-state index contributed by atoms with van der Waals surface area (Å²) in [6.07, 6.45) is 0.837. The van der Waals surface area contributed by atoms with Crippen molar-refractivity contribution in [2.45, 2.75) is 39.3 Å². The zero-order valence-corrected chi connectivity index (χ0v) is 19.4. The van der Waals surface area contributed by atoms with E-state index in [0.29, 0.717) is 38.3 Å². The molecule has 1 N–H and O–H groups in total. The minimum absolute atomic E-state index is 0.0655. The number of carbonyl (C=O) groups is 1. The van der Waals surface area contributed by atoms with Crippen LogP contribution in [0.4, 0.5) is 0 Å². The number of aryl methyl sites for hydroxylation is 2. The molecule has 2 aromatic heterocycles. The van der Waals surface area contributed by atoms with Gasteiger partial charge in [0.1, 0.15) is 13.2 Å². The second-order valence-corrected chi connectivity index (χ2v) is 9.26. The Labute approximate surface area is 194 Å². The standard InChI is InChI=1S/C25H25N3O4S/c1-15(17-9-10-19-20(14-17)32-13-12-31-19)26-22(29)8-5-11-28-25(30)23-18-6-3-4-7-21(18)33-24(23)16(2)27-28/h3-4,6-7,9-10,14-15H,5,8,11-13H2,1-2H3,(H,26,29). The number of benzene rings is 2. The Kier molecular flexibility index (Phi) is 5.76. The van der Waals surface area contributed by atoms with Crippen LogP contribution in [0.25, 0.3) is 20.2 Å². The lowest BCUT2D eigenvalue weighted by Gasteiger charge is -2.21. The smallest absolute Gasteiger partial charge is 0.276 e. The van der Waals surface area contributed by atoms with E-state index in [2.05, 4.69) is 10.4 Å². The van der Waals surface area contributed by atoms with Crippen LogP contribution >= 0.6 is 11.3 Å². The van der Waals surface area contributed by atoms with Gasteiger partial charge in [-0.25, -0.2) is 4.68 Å². The summed E-state index contributed by atoms with van der Waals surface area (Å²) < 4.78 is 14.7.